The van der Waals surface area contributed by atoms with Crippen molar-refractivity contribution in [3.63, 3.8) is 0 Å². The van der Waals surface area contributed by atoms with Crippen LogP contribution < -0.4 is 10.6 Å². The summed E-state index contributed by atoms with van der Waals surface area (Å²) >= 11 is 1.95. The van der Waals surface area contributed by atoms with Crippen molar-refractivity contribution >= 4 is 34.4 Å². The van der Waals surface area contributed by atoms with E-state index in [1.165, 1.54) is 37.1 Å². The number of hydrogen-bond acceptors (Lipinski definition) is 9. The summed E-state index contributed by atoms with van der Waals surface area (Å²) in [5, 5.41) is 9.15. The molecular formula is C25H20F2IN7O4. The standard InChI is InChI=1S/C25H20F2IN7O4/c1-12(32-24(37)25(9-38-10-25)34-23(36)15-6-29-11-30-7-15)21-19(27)3-14(8-31-21)17-4-16(28)5-18(26)20(17)22-33-13(2)39-35-22/h3-8,11-12H,9-10H2,1-2H3,(H,32,37)(H,34,36)/t12-/m1/s1. The highest BCUT2D eigenvalue weighted by molar-refractivity contribution is 14.1. The third-order valence-corrected chi connectivity index (χ3v) is 6.67. The zero-order valence-corrected chi connectivity index (χ0v) is 22.7. The maximum Gasteiger partial charge on any atom is 0.255 e. The number of halogens is 3. The van der Waals surface area contributed by atoms with E-state index in [9.17, 15) is 14.0 Å². The molecule has 0 saturated carbocycles. The smallest absolute Gasteiger partial charge is 0.255 e. The molecule has 5 rings (SSSR count). The molecule has 2 amide bonds. The van der Waals surface area contributed by atoms with E-state index in [4.69, 9.17) is 9.26 Å². The first-order valence-electron chi connectivity index (χ1n) is 11.6. The zero-order chi connectivity index (χ0) is 27.7. The van der Waals surface area contributed by atoms with Crippen LogP contribution in [0.1, 0.15) is 34.9 Å². The molecule has 14 heteroatoms. The maximum atomic E-state index is 15.3. The monoisotopic (exact) mass is 647 g/mol. The number of benzene rings is 1. The van der Waals surface area contributed by atoms with Crippen LogP contribution in [0.3, 0.4) is 0 Å². The molecule has 1 aromatic carbocycles. The highest BCUT2D eigenvalue weighted by Gasteiger charge is 2.48. The molecule has 0 unspecified atom stereocenters. The van der Waals surface area contributed by atoms with Crippen molar-refractivity contribution < 1.29 is 27.6 Å². The first-order chi connectivity index (χ1) is 18.7. The average Bonchev–Trinajstić information content (AvgIpc) is 3.31. The summed E-state index contributed by atoms with van der Waals surface area (Å²) in [4.78, 5) is 41.6. The van der Waals surface area contributed by atoms with Gasteiger partial charge in [-0.15, -0.1) is 0 Å². The van der Waals surface area contributed by atoms with Crippen LogP contribution in [0.5, 0.6) is 0 Å². The number of carbonyl (C=O) groups excluding carboxylic acids is 2. The van der Waals surface area contributed by atoms with Gasteiger partial charge in [0.2, 0.25) is 11.7 Å². The number of carbonyl (C=O) groups is 2. The summed E-state index contributed by atoms with van der Waals surface area (Å²) < 4.78 is 41.1. The highest BCUT2D eigenvalue weighted by Crippen LogP contribution is 2.35. The summed E-state index contributed by atoms with van der Waals surface area (Å²) in [6.07, 6.45) is 5.30. The van der Waals surface area contributed by atoms with Crippen LogP contribution in [0.25, 0.3) is 22.5 Å². The van der Waals surface area contributed by atoms with E-state index in [2.05, 4.69) is 35.7 Å². The van der Waals surface area contributed by atoms with Crippen molar-refractivity contribution in [2.75, 3.05) is 13.2 Å². The van der Waals surface area contributed by atoms with Crippen LogP contribution in [0.2, 0.25) is 0 Å². The lowest BCUT2D eigenvalue weighted by molar-refractivity contribution is -0.147. The van der Waals surface area contributed by atoms with E-state index < -0.39 is 35.0 Å². The van der Waals surface area contributed by atoms with Gasteiger partial charge in [-0.2, -0.15) is 4.98 Å². The van der Waals surface area contributed by atoms with E-state index in [-0.39, 0.29) is 47.3 Å². The lowest BCUT2D eigenvalue weighted by Gasteiger charge is -2.40. The summed E-state index contributed by atoms with van der Waals surface area (Å²) in [6, 6.07) is 3.30. The Kier molecular flexibility index (Phi) is 7.31. The van der Waals surface area contributed by atoms with Gasteiger partial charge in [0.25, 0.3) is 11.8 Å². The Morgan fingerprint density at radius 3 is 2.46 bits per heavy atom. The Morgan fingerprint density at radius 1 is 1.10 bits per heavy atom. The largest absolute Gasteiger partial charge is 0.375 e. The number of aryl methyl sites for hydroxylation is 1. The first-order valence-corrected chi connectivity index (χ1v) is 12.7. The number of ether oxygens (including phenoxy) is 1. The van der Waals surface area contributed by atoms with Crippen LogP contribution in [-0.2, 0) is 9.53 Å². The molecule has 1 aliphatic heterocycles. The quantitative estimate of drug-likeness (QED) is 0.289. The number of nitrogens with one attached hydrogen (secondary N) is 2. The summed E-state index contributed by atoms with van der Waals surface area (Å²) in [7, 11) is 0. The van der Waals surface area contributed by atoms with Crippen molar-refractivity contribution in [1.29, 1.82) is 0 Å². The SMILES string of the molecule is Cc1nc(-c2c(F)cc(I)cc2-c2cnc([C@@H](C)NC(=O)C3(NC(=O)c4cncnc4)COC3)c(F)c2)no1. The Labute approximate surface area is 233 Å². The summed E-state index contributed by atoms with van der Waals surface area (Å²) in [5.74, 6) is -2.15. The molecule has 1 atom stereocenters. The molecule has 0 radical (unpaired) electrons. The number of pyridine rings is 1. The van der Waals surface area contributed by atoms with Gasteiger partial charge in [-0.05, 0) is 53.3 Å². The van der Waals surface area contributed by atoms with Gasteiger partial charge in [-0.3, -0.25) is 14.6 Å². The van der Waals surface area contributed by atoms with Gasteiger partial charge in [0.1, 0.15) is 18.0 Å². The molecule has 200 valence electrons. The number of rotatable bonds is 7. The van der Waals surface area contributed by atoms with Crippen LogP contribution in [0.4, 0.5) is 8.78 Å². The van der Waals surface area contributed by atoms with Crippen LogP contribution in [0, 0.1) is 22.1 Å². The number of amides is 2. The topological polar surface area (TPSA) is 145 Å². The fourth-order valence-electron chi connectivity index (χ4n) is 4.02. The number of hydrogen-bond donors (Lipinski definition) is 2. The van der Waals surface area contributed by atoms with Crippen LogP contribution in [0.15, 0.2) is 47.6 Å². The Bertz CT molecular complexity index is 1560. The van der Waals surface area contributed by atoms with Gasteiger partial charge in [0, 0.05) is 34.6 Å². The van der Waals surface area contributed by atoms with Gasteiger partial charge < -0.3 is 19.9 Å². The molecule has 3 aromatic heterocycles. The Morgan fingerprint density at radius 2 is 1.85 bits per heavy atom. The molecule has 1 saturated heterocycles. The zero-order valence-electron chi connectivity index (χ0n) is 20.5. The third kappa shape index (κ3) is 5.34. The molecule has 39 heavy (non-hydrogen) atoms. The second-order valence-electron chi connectivity index (χ2n) is 8.89. The summed E-state index contributed by atoms with van der Waals surface area (Å²) in [5.41, 5.74) is -0.551. The van der Waals surface area contributed by atoms with E-state index in [0.717, 1.165) is 0 Å². The molecule has 4 heterocycles. The molecule has 1 aliphatic rings. The Balaban J connectivity index is 1.37. The van der Waals surface area contributed by atoms with Crippen molar-refractivity contribution in [3.8, 4) is 22.5 Å². The molecule has 0 spiro atoms. The lowest BCUT2D eigenvalue weighted by atomic mass is 9.94. The predicted octanol–water partition coefficient (Wildman–Crippen LogP) is 3.16. The van der Waals surface area contributed by atoms with Gasteiger partial charge in [0.05, 0.1) is 36.1 Å². The first kappa shape index (κ1) is 26.7. The van der Waals surface area contributed by atoms with Gasteiger partial charge in [-0.25, -0.2) is 18.7 Å². The van der Waals surface area contributed by atoms with Crippen molar-refractivity contribution in [2.45, 2.75) is 25.4 Å². The lowest BCUT2D eigenvalue weighted by Crippen LogP contribution is -2.70. The van der Waals surface area contributed by atoms with Crippen molar-refractivity contribution in [3.05, 3.63) is 75.5 Å². The average molecular weight is 647 g/mol. The molecule has 0 bridgehead atoms. The number of aromatic nitrogens is 5. The molecule has 0 aliphatic carbocycles. The second-order valence-corrected chi connectivity index (χ2v) is 10.1. The number of nitrogens with zero attached hydrogens (tertiary/aromatic N) is 5. The molecular weight excluding hydrogens is 627 g/mol. The van der Waals surface area contributed by atoms with Crippen LogP contribution in [-0.4, -0.2) is 55.7 Å². The minimum absolute atomic E-state index is 0.0265. The fourth-order valence-corrected chi connectivity index (χ4v) is 4.60. The van der Waals surface area contributed by atoms with Gasteiger partial charge >= 0.3 is 0 Å². The van der Waals surface area contributed by atoms with E-state index in [1.54, 1.807) is 19.9 Å². The molecule has 1 fully saturated rings. The molecule has 4 aromatic rings. The van der Waals surface area contributed by atoms with Gasteiger partial charge in [-0.1, -0.05) is 5.16 Å². The Hall–Kier alpha value is -3.92. The van der Waals surface area contributed by atoms with E-state index >= 15 is 4.39 Å². The summed E-state index contributed by atoms with van der Waals surface area (Å²) in [6.45, 7) is 3.02. The highest BCUT2D eigenvalue weighted by atomic mass is 127. The second kappa shape index (κ2) is 10.7. The van der Waals surface area contributed by atoms with Crippen molar-refractivity contribution in [2.24, 2.45) is 0 Å². The molecule has 2 N–H and O–H groups in total. The maximum absolute atomic E-state index is 15.3. The van der Waals surface area contributed by atoms with Gasteiger partial charge in [0.15, 0.2) is 5.54 Å². The van der Waals surface area contributed by atoms with E-state index in [1.807, 2.05) is 22.6 Å². The fraction of sp³-hybridized carbons (Fsp3) is 0.240. The minimum atomic E-state index is -1.34. The van der Waals surface area contributed by atoms with Crippen LogP contribution >= 0.6 is 22.6 Å². The third-order valence-electron chi connectivity index (χ3n) is 6.05. The van der Waals surface area contributed by atoms with E-state index in [0.29, 0.717) is 9.13 Å². The molecule has 11 nitrogen and oxygen atoms in total. The normalized spacial score (nSPS) is 14.8. The predicted molar refractivity (Wildman–Crippen MR) is 140 cm³/mol. The minimum Gasteiger partial charge on any atom is -0.375 e. The van der Waals surface area contributed by atoms with Crippen molar-refractivity contribution in [1.82, 2.24) is 35.7 Å².